The predicted molar refractivity (Wildman–Crippen MR) is 256 cm³/mol. The summed E-state index contributed by atoms with van der Waals surface area (Å²) < 4.78 is 2.37. The molecule has 284 valence electrons. The SMILES string of the molecule is c1ccc(-c2ccc(-c3nc(-c4ccc(-c5cccc6c5c5ccccc5n6-c5ccccc5)cc4)cc(-c4c5ccccc5cc5c4ccc4ccccc45)n3)cc2)cc1. The van der Waals surface area contributed by atoms with Gasteiger partial charge in [0.25, 0.3) is 0 Å². The maximum absolute atomic E-state index is 5.42. The second-order valence-corrected chi connectivity index (χ2v) is 15.7. The summed E-state index contributed by atoms with van der Waals surface area (Å²) in [6.07, 6.45) is 0. The molecule has 0 aliphatic carbocycles. The summed E-state index contributed by atoms with van der Waals surface area (Å²) in [6.45, 7) is 0. The summed E-state index contributed by atoms with van der Waals surface area (Å²) in [5.74, 6) is 0.691. The molecule has 0 unspecified atom stereocenters. The zero-order valence-corrected chi connectivity index (χ0v) is 33.2. The molecule has 0 radical (unpaired) electrons. The second kappa shape index (κ2) is 14.3. The monoisotopic (exact) mass is 775 g/mol. The van der Waals surface area contributed by atoms with Crippen LogP contribution in [-0.4, -0.2) is 14.5 Å². The van der Waals surface area contributed by atoms with Crippen LogP contribution in [0.4, 0.5) is 0 Å². The standard InChI is InChI=1S/C58H37N3/c1-3-14-38(15-4-1)39-26-32-43(33-27-39)58-59-52(37-53(60-58)56-48-21-10-8-17-44(48)36-51-46-20-9-7-16-40(46)34-35-49(51)56)42-30-28-41(29-31-42)47-23-13-25-55-57(47)50-22-11-12-24-54(50)61(55)45-18-5-2-6-19-45/h1-37H. The summed E-state index contributed by atoms with van der Waals surface area (Å²) in [7, 11) is 0. The molecule has 0 saturated carbocycles. The lowest BCUT2D eigenvalue weighted by Gasteiger charge is -2.16. The lowest BCUT2D eigenvalue weighted by Crippen LogP contribution is -1.97. The molecule has 61 heavy (non-hydrogen) atoms. The van der Waals surface area contributed by atoms with E-state index in [1.54, 1.807) is 0 Å². The molecule has 3 nitrogen and oxygen atoms in total. The average Bonchev–Trinajstić information content (AvgIpc) is 3.68. The molecule has 0 saturated heterocycles. The number of nitrogens with zero attached hydrogens (tertiary/aromatic N) is 3. The molecule has 0 spiro atoms. The van der Waals surface area contributed by atoms with Crippen molar-refractivity contribution in [3.8, 4) is 61.8 Å². The number of benzene rings is 10. The Morgan fingerprint density at radius 3 is 1.70 bits per heavy atom. The van der Waals surface area contributed by atoms with E-state index in [1.165, 1.54) is 65.3 Å². The van der Waals surface area contributed by atoms with Crippen LogP contribution in [0.2, 0.25) is 0 Å². The number of aromatic nitrogens is 3. The first-order chi connectivity index (χ1) is 30.2. The van der Waals surface area contributed by atoms with Gasteiger partial charge >= 0.3 is 0 Å². The molecule has 0 N–H and O–H groups in total. The third-order valence-electron chi connectivity index (χ3n) is 12.2. The Morgan fingerprint density at radius 1 is 0.311 bits per heavy atom. The Labute approximate surface area is 353 Å². The molecule has 0 bridgehead atoms. The van der Waals surface area contributed by atoms with Gasteiger partial charge in [0, 0.05) is 33.2 Å². The normalized spacial score (nSPS) is 11.6. The molecule has 3 heteroatoms. The van der Waals surface area contributed by atoms with Crippen molar-refractivity contribution >= 4 is 54.1 Å². The van der Waals surface area contributed by atoms with Gasteiger partial charge in [-0.2, -0.15) is 0 Å². The van der Waals surface area contributed by atoms with Crippen molar-refractivity contribution in [2.45, 2.75) is 0 Å². The highest BCUT2D eigenvalue weighted by Crippen LogP contribution is 2.42. The minimum atomic E-state index is 0.691. The van der Waals surface area contributed by atoms with E-state index >= 15 is 0 Å². The number of hydrogen-bond donors (Lipinski definition) is 0. The molecule has 10 aromatic carbocycles. The Morgan fingerprint density at radius 2 is 0.902 bits per heavy atom. The molecule has 2 aromatic heterocycles. The van der Waals surface area contributed by atoms with Crippen molar-refractivity contribution in [2.24, 2.45) is 0 Å². The molecule has 2 heterocycles. The first-order valence-corrected chi connectivity index (χ1v) is 20.8. The fraction of sp³-hybridized carbons (Fsp3) is 0. The largest absolute Gasteiger partial charge is 0.309 e. The Hall–Kier alpha value is -8.14. The smallest absolute Gasteiger partial charge is 0.160 e. The highest BCUT2D eigenvalue weighted by Gasteiger charge is 2.19. The number of rotatable bonds is 6. The van der Waals surface area contributed by atoms with E-state index in [1.807, 2.05) is 0 Å². The van der Waals surface area contributed by atoms with E-state index in [-0.39, 0.29) is 0 Å². The highest BCUT2D eigenvalue weighted by molar-refractivity contribution is 6.20. The van der Waals surface area contributed by atoms with Gasteiger partial charge in [-0.1, -0.05) is 188 Å². The van der Waals surface area contributed by atoms with E-state index in [0.29, 0.717) is 5.82 Å². The van der Waals surface area contributed by atoms with Crippen LogP contribution >= 0.6 is 0 Å². The molecule has 0 aliphatic heterocycles. The Balaban J connectivity index is 1.04. The summed E-state index contributed by atoms with van der Waals surface area (Å²) in [5, 5.41) is 9.67. The van der Waals surface area contributed by atoms with Gasteiger partial charge in [-0.05, 0) is 91.0 Å². The lowest BCUT2D eigenvalue weighted by atomic mass is 9.91. The van der Waals surface area contributed by atoms with E-state index < -0.39 is 0 Å². The van der Waals surface area contributed by atoms with Crippen LogP contribution < -0.4 is 0 Å². The molecular weight excluding hydrogens is 739 g/mol. The zero-order chi connectivity index (χ0) is 40.3. The van der Waals surface area contributed by atoms with Gasteiger partial charge in [0.2, 0.25) is 0 Å². The fourth-order valence-corrected chi connectivity index (χ4v) is 9.33. The summed E-state index contributed by atoms with van der Waals surface area (Å²) in [4.78, 5) is 10.8. The van der Waals surface area contributed by atoms with Crippen LogP contribution in [0.1, 0.15) is 0 Å². The molecule has 0 atom stereocenters. The summed E-state index contributed by atoms with van der Waals surface area (Å²) in [5.41, 5.74) is 13.1. The van der Waals surface area contributed by atoms with Gasteiger partial charge in [0.15, 0.2) is 5.82 Å². The van der Waals surface area contributed by atoms with E-state index in [0.717, 1.165) is 44.9 Å². The molecule has 0 aliphatic rings. The molecule has 12 aromatic rings. The minimum absolute atomic E-state index is 0.691. The molecule has 12 rings (SSSR count). The van der Waals surface area contributed by atoms with Crippen LogP contribution in [0.15, 0.2) is 224 Å². The van der Waals surface area contributed by atoms with Crippen molar-refractivity contribution in [2.75, 3.05) is 0 Å². The van der Waals surface area contributed by atoms with Gasteiger partial charge in [-0.25, -0.2) is 9.97 Å². The van der Waals surface area contributed by atoms with Gasteiger partial charge in [0.05, 0.1) is 22.4 Å². The van der Waals surface area contributed by atoms with Gasteiger partial charge < -0.3 is 4.57 Å². The van der Waals surface area contributed by atoms with Gasteiger partial charge in [0.1, 0.15) is 0 Å². The van der Waals surface area contributed by atoms with Gasteiger partial charge in [-0.15, -0.1) is 0 Å². The third kappa shape index (κ3) is 5.90. The summed E-state index contributed by atoms with van der Waals surface area (Å²) in [6, 6.07) is 80.4. The topological polar surface area (TPSA) is 30.7 Å². The van der Waals surface area contributed by atoms with Crippen LogP contribution in [-0.2, 0) is 0 Å². The highest BCUT2D eigenvalue weighted by atomic mass is 15.0. The number of para-hydroxylation sites is 2. The number of fused-ring (bicyclic) bond motifs is 7. The number of hydrogen-bond acceptors (Lipinski definition) is 2. The van der Waals surface area contributed by atoms with Crippen LogP contribution in [0.5, 0.6) is 0 Å². The lowest BCUT2D eigenvalue weighted by molar-refractivity contribution is 1.18. The van der Waals surface area contributed by atoms with Crippen molar-refractivity contribution in [3.63, 3.8) is 0 Å². The second-order valence-electron chi connectivity index (χ2n) is 15.7. The quantitative estimate of drug-likeness (QED) is 0.124. The zero-order valence-electron chi connectivity index (χ0n) is 33.2. The van der Waals surface area contributed by atoms with Crippen molar-refractivity contribution < 1.29 is 0 Å². The van der Waals surface area contributed by atoms with Crippen LogP contribution in [0.3, 0.4) is 0 Å². The summed E-state index contributed by atoms with van der Waals surface area (Å²) >= 11 is 0. The molecule has 0 amide bonds. The van der Waals surface area contributed by atoms with Crippen LogP contribution in [0.25, 0.3) is 116 Å². The first-order valence-electron chi connectivity index (χ1n) is 20.8. The average molecular weight is 776 g/mol. The maximum Gasteiger partial charge on any atom is 0.160 e. The van der Waals surface area contributed by atoms with E-state index in [9.17, 15) is 0 Å². The molecular formula is C58H37N3. The Bertz CT molecular complexity index is 3610. The third-order valence-corrected chi connectivity index (χ3v) is 12.2. The van der Waals surface area contributed by atoms with Crippen molar-refractivity contribution in [1.29, 1.82) is 0 Å². The Kier molecular flexibility index (Phi) is 8.17. The fourth-order valence-electron chi connectivity index (χ4n) is 9.33. The maximum atomic E-state index is 5.42. The minimum Gasteiger partial charge on any atom is -0.309 e. The predicted octanol–water partition coefficient (Wildman–Crippen LogP) is 15.4. The van der Waals surface area contributed by atoms with E-state index in [4.69, 9.17) is 9.97 Å². The van der Waals surface area contributed by atoms with Gasteiger partial charge in [-0.3, -0.25) is 0 Å². The van der Waals surface area contributed by atoms with Crippen LogP contribution in [0, 0.1) is 0 Å². The molecule has 0 fully saturated rings. The first kappa shape index (κ1) is 34.9. The van der Waals surface area contributed by atoms with Crippen molar-refractivity contribution in [3.05, 3.63) is 224 Å². The van der Waals surface area contributed by atoms with Crippen molar-refractivity contribution in [1.82, 2.24) is 14.5 Å². The van der Waals surface area contributed by atoms with E-state index in [2.05, 4.69) is 229 Å².